The van der Waals surface area contributed by atoms with Crippen LogP contribution in [0.2, 0.25) is 0 Å². The van der Waals surface area contributed by atoms with Gasteiger partial charge in [0, 0.05) is 32.9 Å². The number of hydrogen-bond acceptors (Lipinski definition) is 5. The summed E-state index contributed by atoms with van der Waals surface area (Å²) in [4.78, 5) is 9.75. The minimum absolute atomic E-state index is 0.220. The maximum atomic E-state index is 12.4. The number of halogens is 1. The van der Waals surface area contributed by atoms with Crippen molar-refractivity contribution in [3.05, 3.63) is 62.9 Å². The Kier molecular flexibility index (Phi) is 5.28. The molecular formula is C16H14IN3O2S2. The summed E-state index contributed by atoms with van der Waals surface area (Å²) in [5, 5.41) is 0.837. The van der Waals surface area contributed by atoms with E-state index >= 15 is 0 Å². The molecule has 0 radical (unpaired) electrons. The number of nitrogens with zero attached hydrogens (tertiary/aromatic N) is 2. The van der Waals surface area contributed by atoms with Gasteiger partial charge in [0.25, 0.3) is 0 Å². The third-order valence-corrected chi connectivity index (χ3v) is 6.69. The summed E-state index contributed by atoms with van der Waals surface area (Å²) in [5.41, 5.74) is 1.75. The highest BCUT2D eigenvalue weighted by Crippen LogP contribution is 2.27. The van der Waals surface area contributed by atoms with Crippen molar-refractivity contribution >= 4 is 44.0 Å². The topological polar surface area (TPSA) is 72.0 Å². The second-order valence-corrected chi connectivity index (χ2v) is 9.14. The van der Waals surface area contributed by atoms with Gasteiger partial charge in [0.05, 0.1) is 10.6 Å². The lowest BCUT2D eigenvalue weighted by Gasteiger charge is -2.06. The van der Waals surface area contributed by atoms with E-state index < -0.39 is 10.0 Å². The Morgan fingerprint density at radius 3 is 2.62 bits per heavy atom. The summed E-state index contributed by atoms with van der Waals surface area (Å²) in [6, 6.07) is 10.5. The predicted octanol–water partition coefficient (Wildman–Crippen LogP) is 3.60. The van der Waals surface area contributed by atoms with Gasteiger partial charge in [-0.15, -0.1) is 11.3 Å². The van der Waals surface area contributed by atoms with Crippen molar-refractivity contribution in [2.45, 2.75) is 18.4 Å². The number of thiazole rings is 1. The first-order valence-corrected chi connectivity index (χ1v) is 10.5. The van der Waals surface area contributed by atoms with Crippen LogP contribution in [0.4, 0.5) is 0 Å². The first kappa shape index (κ1) is 17.5. The van der Waals surface area contributed by atoms with Crippen LogP contribution in [0.1, 0.15) is 10.6 Å². The van der Waals surface area contributed by atoms with Crippen molar-refractivity contribution in [1.29, 1.82) is 0 Å². The zero-order valence-corrected chi connectivity index (χ0v) is 16.5. The average molecular weight is 471 g/mol. The lowest BCUT2D eigenvalue weighted by Crippen LogP contribution is -2.23. The molecule has 0 aliphatic carbocycles. The number of nitrogens with one attached hydrogen (secondary N) is 1. The average Bonchev–Trinajstić information content (AvgIpc) is 2.95. The summed E-state index contributed by atoms with van der Waals surface area (Å²) < 4.78 is 28.4. The van der Waals surface area contributed by atoms with Crippen LogP contribution < -0.4 is 4.72 Å². The molecule has 24 heavy (non-hydrogen) atoms. The van der Waals surface area contributed by atoms with Crippen molar-refractivity contribution < 1.29 is 8.42 Å². The number of hydrogen-bond donors (Lipinski definition) is 1. The van der Waals surface area contributed by atoms with Gasteiger partial charge in [0.2, 0.25) is 10.0 Å². The van der Waals surface area contributed by atoms with Gasteiger partial charge in [-0.2, -0.15) is 0 Å². The van der Waals surface area contributed by atoms with Crippen LogP contribution in [0.3, 0.4) is 0 Å². The summed E-state index contributed by atoms with van der Waals surface area (Å²) in [7, 11) is -3.53. The standard InChI is InChI=1S/C16H14IN3O2S2/c1-11-15(23-16(20-11)12-3-2-8-18-9-12)10-19-24(21,22)14-6-4-13(17)5-7-14/h2-9,19H,10H2,1H3. The molecule has 5 nitrogen and oxygen atoms in total. The monoisotopic (exact) mass is 471 g/mol. The van der Waals surface area contributed by atoms with Crippen molar-refractivity contribution in [3.8, 4) is 10.6 Å². The van der Waals surface area contributed by atoms with Gasteiger partial charge in [0.15, 0.2) is 0 Å². The van der Waals surface area contributed by atoms with E-state index in [0.29, 0.717) is 0 Å². The van der Waals surface area contributed by atoms with E-state index in [1.807, 2.05) is 19.1 Å². The minimum atomic E-state index is -3.53. The minimum Gasteiger partial charge on any atom is -0.264 e. The third kappa shape index (κ3) is 4.00. The molecule has 0 fully saturated rings. The zero-order chi connectivity index (χ0) is 17.2. The van der Waals surface area contributed by atoms with E-state index in [9.17, 15) is 8.42 Å². The van der Waals surface area contributed by atoms with Gasteiger partial charge in [-0.25, -0.2) is 18.1 Å². The number of aromatic nitrogens is 2. The summed E-state index contributed by atoms with van der Waals surface area (Å²) in [6.45, 7) is 2.10. The maximum absolute atomic E-state index is 12.4. The fraction of sp³-hybridized carbons (Fsp3) is 0.125. The molecule has 2 heterocycles. The lowest BCUT2D eigenvalue weighted by atomic mass is 10.3. The highest BCUT2D eigenvalue weighted by molar-refractivity contribution is 14.1. The first-order chi connectivity index (χ1) is 11.5. The number of aryl methyl sites for hydroxylation is 1. The summed E-state index contributed by atoms with van der Waals surface area (Å²) in [6.07, 6.45) is 3.46. The molecule has 2 aromatic heterocycles. The smallest absolute Gasteiger partial charge is 0.240 e. The van der Waals surface area contributed by atoms with E-state index in [4.69, 9.17) is 0 Å². The highest BCUT2D eigenvalue weighted by Gasteiger charge is 2.16. The van der Waals surface area contributed by atoms with Crippen LogP contribution in [0.15, 0.2) is 53.7 Å². The quantitative estimate of drug-likeness (QED) is 0.578. The van der Waals surface area contributed by atoms with Gasteiger partial charge in [-0.1, -0.05) is 0 Å². The Morgan fingerprint density at radius 1 is 1.21 bits per heavy atom. The molecular weight excluding hydrogens is 457 g/mol. The molecule has 3 rings (SSSR count). The van der Waals surface area contributed by atoms with Crippen LogP contribution in [0.25, 0.3) is 10.6 Å². The highest BCUT2D eigenvalue weighted by atomic mass is 127. The van der Waals surface area contributed by atoms with E-state index in [1.54, 1.807) is 36.7 Å². The molecule has 0 saturated heterocycles. The van der Waals surface area contributed by atoms with Crippen molar-refractivity contribution in [2.24, 2.45) is 0 Å². The van der Waals surface area contributed by atoms with Gasteiger partial charge in [0.1, 0.15) is 5.01 Å². The molecule has 0 aliphatic heterocycles. The number of rotatable bonds is 5. The van der Waals surface area contributed by atoms with Crippen molar-refractivity contribution in [1.82, 2.24) is 14.7 Å². The molecule has 0 aliphatic rings. The molecule has 124 valence electrons. The molecule has 1 aromatic carbocycles. The molecule has 8 heteroatoms. The summed E-state index contributed by atoms with van der Waals surface area (Å²) >= 11 is 3.61. The van der Waals surface area contributed by atoms with Crippen LogP contribution in [0, 0.1) is 10.5 Å². The predicted molar refractivity (Wildman–Crippen MR) is 103 cm³/mol. The molecule has 1 N–H and O–H groups in total. The molecule has 0 bridgehead atoms. The molecule has 0 unspecified atom stereocenters. The fourth-order valence-electron chi connectivity index (χ4n) is 2.06. The SMILES string of the molecule is Cc1nc(-c2cccnc2)sc1CNS(=O)(=O)c1ccc(I)cc1. The van der Waals surface area contributed by atoms with E-state index in [1.165, 1.54) is 11.3 Å². The van der Waals surface area contributed by atoms with Gasteiger partial charge in [-0.05, 0) is 65.9 Å². The Bertz CT molecular complexity index is 939. The van der Waals surface area contributed by atoms with Gasteiger partial charge in [-0.3, -0.25) is 4.98 Å². The Balaban J connectivity index is 1.77. The molecule has 3 aromatic rings. The second kappa shape index (κ2) is 7.26. The van der Waals surface area contributed by atoms with Crippen molar-refractivity contribution in [2.75, 3.05) is 0 Å². The van der Waals surface area contributed by atoms with E-state index in [2.05, 4.69) is 37.3 Å². The second-order valence-electron chi connectivity index (χ2n) is 5.05. The third-order valence-electron chi connectivity index (χ3n) is 3.35. The fourth-order valence-corrected chi connectivity index (χ4v) is 4.50. The normalized spacial score (nSPS) is 11.6. The first-order valence-electron chi connectivity index (χ1n) is 7.07. The van der Waals surface area contributed by atoms with Crippen LogP contribution >= 0.6 is 33.9 Å². The number of pyridine rings is 1. The molecule has 0 atom stereocenters. The van der Waals surface area contributed by atoms with Crippen LogP contribution in [0.5, 0.6) is 0 Å². The molecule has 0 saturated carbocycles. The Morgan fingerprint density at radius 2 is 1.96 bits per heavy atom. The van der Waals surface area contributed by atoms with Crippen molar-refractivity contribution in [3.63, 3.8) is 0 Å². The summed E-state index contributed by atoms with van der Waals surface area (Å²) in [5.74, 6) is 0. The molecule has 0 spiro atoms. The van der Waals surface area contributed by atoms with E-state index in [0.717, 1.165) is 24.7 Å². The Labute approximate surface area is 158 Å². The van der Waals surface area contributed by atoms with Crippen LogP contribution in [-0.2, 0) is 16.6 Å². The lowest BCUT2D eigenvalue weighted by molar-refractivity contribution is 0.581. The number of benzene rings is 1. The number of sulfonamides is 1. The van der Waals surface area contributed by atoms with Gasteiger partial charge >= 0.3 is 0 Å². The van der Waals surface area contributed by atoms with Gasteiger partial charge < -0.3 is 0 Å². The van der Waals surface area contributed by atoms with Crippen LogP contribution in [-0.4, -0.2) is 18.4 Å². The molecule has 0 amide bonds. The largest absolute Gasteiger partial charge is 0.264 e. The zero-order valence-electron chi connectivity index (χ0n) is 12.7. The Hall–Kier alpha value is -1.36. The van der Waals surface area contributed by atoms with E-state index in [-0.39, 0.29) is 11.4 Å². The maximum Gasteiger partial charge on any atom is 0.240 e.